The van der Waals surface area contributed by atoms with Gasteiger partial charge in [0.05, 0.1) is 19.2 Å². The summed E-state index contributed by atoms with van der Waals surface area (Å²) in [5.74, 6) is -0.0176. The zero-order valence-corrected chi connectivity index (χ0v) is 17.8. The molecule has 0 fully saturated rings. The molecule has 0 bridgehead atoms. The Bertz CT molecular complexity index is 1250. The standard InChI is InChI=1S/C26H22N2O4/c1-18(29)21-12-13-24(25(16-21)31-2)32-26(30)23-7-4-3-6-22(23)20-10-8-19(9-11-20)17-28-15-5-14-27-28/h3-16H,17H2,1-2H3. The summed E-state index contributed by atoms with van der Waals surface area (Å²) in [4.78, 5) is 24.6. The smallest absolute Gasteiger partial charge is 0.344 e. The fourth-order valence-corrected chi connectivity index (χ4v) is 3.41. The van der Waals surface area contributed by atoms with E-state index in [1.54, 1.807) is 36.5 Å². The van der Waals surface area contributed by atoms with Gasteiger partial charge in [-0.3, -0.25) is 9.48 Å². The van der Waals surface area contributed by atoms with Crippen LogP contribution in [0.1, 0.15) is 33.2 Å². The Morgan fingerprint density at radius 1 is 0.938 bits per heavy atom. The molecule has 4 rings (SSSR count). The number of esters is 1. The van der Waals surface area contributed by atoms with Crippen molar-refractivity contribution in [2.75, 3.05) is 7.11 Å². The Balaban J connectivity index is 1.58. The predicted octanol–water partition coefficient (Wildman–Crippen LogP) is 5.03. The number of methoxy groups -OCH3 is 1. The third-order valence-electron chi connectivity index (χ3n) is 5.09. The summed E-state index contributed by atoms with van der Waals surface area (Å²) in [5.41, 5.74) is 3.69. The molecule has 0 radical (unpaired) electrons. The van der Waals surface area contributed by atoms with Crippen LogP contribution in [0.2, 0.25) is 0 Å². The van der Waals surface area contributed by atoms with Gasteiger partial charge >= 0.3 is 5.97 Å². The maximum atomic E-state index is 13.0. The average molecular weight is 426 g/mol. The van der Waals surface area contributed by atoms with E-state index in [0.717, 1.165) is 16.7 Å². The van der Waals surface area contributed by atoms with Crippen LogP contribution in [0.3, 0.4) is 0 Å². The molecule has 4 aromatic rings. The lowest BCUT2D eigenvalue weighted by molar-refractivity contribution is 0.0730. The number of carbonyl (C=O) groups excluding carboxylic acids is 2. The molecule has 0 aliphatic heterocycles. The molecule has 0 amide bonds. The van der Waals surface area contributed by atoms with E-state index in [2.05, 4.69) is 5.10 Å². The molecule has 1 heterocycles. The van der Waals surface area contributed by atoms with Crippen LogP contribution in [0.5, 0.6) is 11.5 Å². The normalized spacial score (nSPS) is 10.6. The molecule has 3 aromatic carbocycles. The summed E-state index contributed by atoms with van der Waals surface area (Å²) in [5, 5.41) is 4.22. The second kappa shape index (κ2) is 9.31. The summed E-state index contributed by atoms with van der Waals surface area (Å²) in [6, 6.07) is 21.9. The second-order valence-corrected chi connectivity index (χ2v) is 7.26. The molecule has 0 saturated carbocycles. The van der Waals surface area contributed by atoms with E-state index in [0.29, 0.717) is 23.4 Å². The zero-order chi connectivity index (χ0) is 22.5. The van der Waals surface area contributed by atoms with E-state index < -0.39 is 5.97 Å². The number of carbonyl (C=O) groups is 2. The second-order valence-electron chi connectivity index (χ2n) is 7.26. The molecule has 32 heavy (non-hydrogen) atoms. The van der Waals surface area contributed by atoms with Crippen LogP contribution in [0.4, 0.5) is 0 Å². The highest BCUT2D eigenvalue weighted by molar-refractivity contribution is 5.99. The van der Waals surface area contributed by atoms with Crippen LogP contribution in [-0.4, -0.2) is 28.6 Å². The zero-order valence-electron chi connectivity index (χ0n) is 17.8. The van der Waals surface area contributed by atoms with Gasteiger partial charge in [-0.05, 0) is 53.9 Å². The maximum Gasteiger partial charge on any atom is 0.344 e. The van der Waals surface area contributed by atoms with Crippen LogP contribution in [0.25, 0.3) is 11.1 Å². The third kappa shape index (κ3) is 4.59. The van der Waals surface area contributed by atoms with E-state index >= 15 is 0 Å². The molecular weight excluding hydrogens is 404 g/mol. The fourth-order valence-electron chi connectivity index (χ4n) is 3.41. The molecule has 0 N–H and O–H groups in total. The first-order valence-electron chi connectivity index (χ1n) is 10.1. The molecule has 160 valence electrons. The van der Waals surface area contributed by atoms with Gasteiger partial charge in [-0.25, -0.2) is 4.79 Å². The van der Waals surface area contributed by atoms with Crippen molar-refractivity contribution in [1.82, 2.24) is 9.78 Å². The van der Waals surface area contributed by atoms with E-state index in [4.69, 9.17) is 9.47 Å². The highest BCUT2D eigenvalue weighted by atomic mass is 16.6. The number of Topliss-reactive ketones (excluding diaryl/α,β-unsaturated/α-hetero) is 1. The first-order valence-corrected chi connectivity index (χ1v) is 10.1. The first kappa shape index (κ1) is 21.1. The van der Waals surface area contributed by atoms with Crippen LogP contribution in [-0.2, 0) is 6.54 Å². The van der Waals surface area contributed by atoms with Gasteiger partial charge in [0.15, 0.2) is 17.3 Å². The van der Waals surface area contributed by atoms with Gasteiger partial charge in [-0.1, -0.05) is 42.5 Å². The van der Waals surface area contributed by atoms with Crippen molar-refractivity contribution in [3.63, 3.8) is 0 Å². The van der Waals surface area contributed by atoms with E-state index in [1.165, 1.54) is 14.0 Å². The molecule has 0 aliphatic carbocycles. The van der Waals surface area contributed by atoms with E-state index in [9.17, 15) is 9.59 Å². The number of ketones is 1. The highest BCUT2D eigenvalue weighted by Gasteiger charge is 2.17. The summed E-state index contributed by atoms with van der Waals surface area (Å²) in [6.45, 7) is 2.14. The van der Waals surface area contributed by atoms with Crippen molar-refractivity contribution in [3.8, 4) is 22.6 Å². The van der Waals surface area contributed by atoms with Crippen molar-refractivity contribution in [3.05, 3.63) is 102 Å². The largest absolute Gasteiger partial charge is 0.493 e. The Labute approximate surface area is 186 Å². The number of hydrogen-bond acceptors (Lipinski definition) is 5. The van der Waals surface area contributed by atoms with Crippen LogP contribution in [0, 0.1) is 0 Å². The molecule has 1 aromatic heterocycles. The molecule has 6 nitrogen and oxygen atoms in total. The monoisotopic (exact) mass is 426 g/mol. The Hall–Kier alpha value is -4.19. The number of ether oxygens (including phenoxy) is 2. The van der Waals surface area contributed by atoms with Crippen molar-refractivity contribution in [2.24, 2.45) is 0 Å². The van der Waals surface area contributed by atoms with Crippen molar-refractivity contribution >= 4 is 11.8 Å². The van der Waals surface area contributed by atoms with E-state index in [1.807, 2.05) is 53.3 Å². The Morgan fingerprint density at radius 3 is 2.41 bits per heavy atom. The van der Waals surface area contributed by atoms with Crippen molar-refractivity contribution in [2.45, 2.75) is 13.5 Å². The molecule has 0 saturated heterocycles. The number of aromatic nitrogens is 2. The summed E-state index contributed by atoms with van der Waals surface area (Å²) in [7, 11) is 1.47. The third-order valence-corrected chi connectivity index (χ3v) is 5.09. The lowest BCUT2D eigenvalue weighted by Gasteiger charge is -2.13. The SMILES string of the molecule is COc1cc(C(C)=O)ccc1OC(=O)c1ccccc1-c1ccc(Cn2cccn2)cc1. The average Bonchev–Trinajstić information content (AvgIpc) is 3.32. The number of rotatable bonds is 7. The summed E-state index contributed by atoms with van der Waals surface area (Å²) < 4.78 is 12.8. The number of hydrogen-bond donors (Lipinski definition) is 0. The summed E-state index contributed by atoms with van der Waals surface area (Å²) >= 11 is 0. The summed E-state index contributed by atoms with van der Waals surface area (Å²) in [6.07, 6.45) is 3.66. The Morgan fingerprint density at radius 2 is 1.72 bits per heavy atom. The molecule has 0 unspecified atom stereocenters. The van der Waals surface area contributed by atoms with Crippen LogP contribution in [0.15, 0.2) is 85.2 Å². The minimum Gasteiger partial charge on any atom is -0.493 e. The number of nitrogens with zero attached hydrogens (tertiary/aromatic N) is 2. The van der Waals surface area contributed by atoms with Crippen molar-refractivity contribution < 1.29 is 19.1 Å². The van der Waals surface area contributed by atoms with Gasteiger partial charge in [-0.2, -0.15) is 5.10 Å². The quantitative estimate of drug-likeness (QED) is 0.236. The highest BCUT2D eigenvalue weighted by Crippen LogP contribution is 2.31. The fraction of sp³-hybridized carbons (Fsp3) is 0.115. The van der Waals surface area contributed by atoms with Gasteiger partial charge in [0.1, 0.15) is 0 Å². The molecule has 0 atom stereocenters. The van der Waals surface area contributed by atoms with E-state index in [-0.39, 0.29) is 11.5 Å². The van der Waals surface area contributed by atoms with Gasteiger partial charge in [0.2, 0.25) is 0 Å². The number of benzene rings is 3. The van der Waals surface area contributed by atoms with Crippen LogP contribution < -0.4 is 9.47 Å². The molecular formula is C26H22N2O4. The van der Waals surface area contributed by atoms with Gasteiger partial charge in [0.25, 0.3) is 0 Å². The molecule has 6 heteroatoms. The topological polar surface area (TPSA) is 70.4 Å². The van der Waals surface area contributed by atoms with Crippen molar-refractivity contribution in [1.29, 1.82) is 0 Å². The Kier molecular flexibility index (Phi) is 6.12. The lowest BCUT2D eigenvalue weighted by Crippen LogP contribution is -2.11. The van der Waals surface area contributed by atoms with Gasteiger partial charge in [0, 0.05) is 18.0 Å². The minimum absolute atomic E-state index is 0.0949. The van der Waals surface area contributed by atoms with Gasteiger partial charge in [-0.15, -0.1) is 0 Å². The van der Waals surface area contributed by atoms with Crippen LogP contribution >= 0.6 is 0 Å². The lowest BCUT2D eigenvalue weighted by atomic mass is 9.98. The maximum absolute atomic E-state index is 13.0. The predicted molar refractivity (Wildman–Crippen MR) is 121 cm³/mol. The van der Waals surface area contributed by atoms with Gasteiger partial charge < -0.3 is 9.47 Å². The molecule has 0 aliphatic rings. The first-order chi connectivity index (χ1) is 15.5. The molecule has 0 spiro atoms. The minimum atomic E-state index is -0.505.